The molecule has 1 aliphatic heterocycles. The number of nitrogens with two attached hydrogens (primary N) is 1. The van der Waals surface area contributed by atoms with E-state index in [-0.39, 0.29) is 19.0 Å². The van der Waals surface area contributed by atoms with E-state index in [9.17, 15) is 13.2 Å². The molecular weight excluding hydrogens is 242 g/mol. The zero-order chi connectivity index (χ0) is 12.9. The smallest absolute Gasteiger partial charge is 0.237 e. The number of sulfonamides is 1. The fourth-order valence-electron chi connectivity index (χ4n) is 1.87. The van der Waals surface area contributed by atoms with E-state index in [4.69, 9.17) is 5.73 Å². The van der Waals surface area contributed by atoms with Gasteiger partial charge in [0.2, 0.25) is 15.9 Å². The minimum Gasteiger partial charge on any atom is -0.342 e. The Morgan fingerprint density at radius 1 is 1.41 bits per heavy atom. The molecule has 100 valence electrons. The normalized spacial score (nSPS) is 18.4. The number of carbonyl (C=O) groups is 1. The number of hydrogen-bond donors (Lipinski definition) is 2. The van der Waals surface area contributed by atoms with Gasteiger partial charge in [-0.2, -0.15) is 0 Å². The Balaban J connectivity index is 2.46. The Kier molecular flexibility index (Phi) is 5.35. The molecule has 1 fully saturated rings. The van der Waals surface area contributed by atoms with E-state index >= 15 is 0 Å². The van der Waals surface area contributed by atoms with Gasteiger partial charge in [0.05, 0.1) is 11.8 Å². The first-order chi connectivity index (χ1) is 8.01. The molecule has 6 nitrogen and oxygen atoms in total. The summed E-state index contributed by atoms with van der Waals surface area (Å²) in [6.07, 6.45) is 2.45. The second-order valence-corrected chi connectivity index (χ2v) is 6.27. The molecule has 1 atom stereocenters. The van der Waals surface area contributed by atoms with Crippen LogP contribution in [0.2, 0.25) is 0 Å². The molecule has 0 aromatic heterocycles. The summed E-state index contributed by atoms with van der Waals surface area (Å²) in [6, 6.07) is 0. The van der Waals surface area contributed by atoms with Gasteiger partial charge in [-0.3, -0.25) is 4.79 Å². The zero-order valence-corrected chi connectivity index (χ0v) is 11.0. The molecular formula is C10H21N3O3S. The van der Waals surface area contributed by atoms with Gasteiger partial charge in [-0.25, -0.2) is 13.1 Å². The van der Waals surface area contributed by atoms with Gasteiger partial charge in [0, 0.05) is 19.6 Å². The van der Waals surface area contributed by atoms with Crippen LogP contribution in [0.3, 0.4) is 0 Å². The van der Waals surface area contributed by atoms with Gasteiger partial charge in [0.15, 0.2) is 0 Å². The van der Waals surface area contributed by atoms with E-state index in [2.05, 4.69) is 4.72 Å². The Hall–Kier alpha value is -0.660. The summed E-state index contributed by atoms with van der Waals surface area (Å²) in [6.45, 7) is 3.14. The molecule has 1 amide bonds. The van der Waals surface area contributed by atoms with E-state index in [0.29, 0.717) is 6.42 Å². The molecule has 0 aromatic carbocycles. The molecule has 3 N–H and O–H groups in total. The Morgan fingerprint density at radius 2 is 2.00 bits per heavy atom. The van der Waals surface area contributed by atoms with Crippen LogP contribution < -0.4 is 10.5 Å². The average molecular weight is 263 g/mol. The quantitative estimate of drug-likeness (QED) is 0.660. The highest BCUT2D eigenvalue weighted by molar-refractivity contribution is 7.90. The molecule has 1 rings (SSSR count). The van der Waals surface area contributed by atoms with Crippen LogP contribution in [0, 0.1) is 0 Å². The van der Waals surface area contributed by atoms with E-state index in [1.54, 1.807) is 11.8 Å². The highest BCUT2D eigenvalue weighted by Crippen LogP contribution is 2.07. The molecule has 1 heterocycles. The van der Waals surface area contributed by atoms with Crippen LogP contribution in [-0.4, -0.2) is 50.7 Å². The third kappa shape index (κ3) is 3.93. The molecule has 0 radical (unpaired) electrons. The van der Waals surface area contributed by atoms with E-state index < -0.39 is 15.3 Å². The maximum Gasteiger partial charge on any atom is 0.237 e. The molecule has 17 heavy (non-hydrogen) atoms. The van der Waals surface area contributed by atoms with E-state index in [1.807, 2.05) is 0 Å². The summed E-state index contributed by atoms with van der Waals surface area (Å²) < 4.78 is 25.8. The van der Waals surface area contributed by atoms with Crippen molar-refractivity contribution in [3.05, 3.63) is 0 Å². The summed E-state index contributed by atoms with van der Waals surface area (Å²) in [5.74, 6) is -0.155. The zero-order valence-electron chi connectivity index (χ0n) is 10.2. The third-order valence-electron chi connectivity index (χ3n) is 3.04. The van der Waals surface area contributed by atoms with Crippen LogP contribution in [0.15, 0.2) is 0 Å². The van der Waals surface area contributed by atoms with Gasteiger partial charge >= 0.3 is 0 Å². The van der Waals surface area contributed by atoms with Crippen molar-refractivity contribution in [3.63, 3.8) is 0 Å². The second kappa shape index (κ2) is 6.32. The minimum absolute atomic E-state index is 0.0732. The van der Waals surface area contributed by atoms with E-state index in [1.165, 1.54) is 0 Å². The topological polar surface area (TPSA) is 92.5 Å². The van der Waals surface area contributed by atoms with E-state index in [0.717, 1.165) is 25.9 Å². The number of rotatable bonds is 6. The first-order valence-corrected chi connectivity index (χ1v) is 7.52. The molecule has 0 saturated carbocycles. The van der Waals surface area contributed by atoms with Gasteiger partial charge < -0.3 is 10.6 Å². The Morgan fingerprint density at radius 3 is 2.47 bits per heavy atom. The number of carbonyl (C=O) groups excluding carboxylic acids is 1. The average Bonchev–Trinajstić information content (AvgIpc) is 2.80. The molecule has 1 unspecified atom stereocenters. The maximum absolute atomic E-state index is 11.8. The first kappa shape index (κ1) is 14.4. The molecule has 0 aromatic rings. The number of hydrogen-bond acceptors (Lipinski definition) is 4. The number of amides is 1. The number of nitrogens with one attached hydrogen (secondary N) is 1. The molecule has 0 aliphatic carbocycles. The SMILES string of the molecule is CCC(CN)S(=O)(=O)NCC(=O)N1CCCC1. The fourth-order valence-corrected chi connectivity index (χ4v) is 3.12. The number of likely N-dealkylation sites (tertiary alicyclic amines) is 1. The van der Waals surface area contributed by atoms with Crippen molar-refractivity contribution in [1.29, 1.82) is 0 Å². The van der Waals surface area contributed by atoms with Crippen molar-refractivity contribution in [2.45, 2.75) is 31.4 Å². The summed E-state index contributed by atoms with van der Waals surface area (Å²) in [5.41, 5.74) is 5.38. The van der Waals surface area contributed by atoms with Crippen molar-refractivity contribution in [3.8, 4) is 0 Å². The van der Waals surface area contributed by atoms with Gasteiger partial charge in [-0.1, -0.05) is 6.92 Å². The third-order valence-corrected chi connectivity index (χ3v) is 4.99. The van der Waals surface area contributed by atoms with Gasteiger partial charge in [0.1, 0.15) is 0 Å². The van der Waals surface area contributed by atoms with Crippen molar-refractivity contribution >= 4 is 15.9 Å². The fraction of sp³-hybridized carbons (Fsp3) is 0.900. The van der Waals surface area contributed by atoms with Crippen LogP contribution >= 0.6 is 0 Å². The molecule has 0 spiro atoms. The van der Waals surface area contributed by atoms with Crippen LogP contribution in [0.25, 0.3) is 0 Å². The second-order valence-electron chi connectivity index (χ2n) is 4.22. The lowest BCUT2D eigenvalue weighted by molar-refractivity contribution is -0.128. The van der Waals surface area contributed by atoms with Crippen LogP contribution in [-0.2, 0) is 14.8 Å². The highest BCUT2D eigenvalue weighted by atomic mass is 32.2. The Bertz CT molecular complexity index is 346. The molecule has 0 bridgehead atoms. The molecule has 1 saturated heterocycles. The highest BCUT2D eigenvalue weighted by Gasteiger charge is 2.24. The van der Waals surface area contributed by atoms with Crippen LogP contribution in [0.1, 0.15) is 26.2 Å². The van der Waals surface area contributed by atoms with Crippen molar-refractivity contribution in [1.82, 2.24) is 9.62 Å². The predicted octanol–water partition coefficient (Wildman–Crippen LogP) is -0.734. The van der Waals surface area contributed by atoms with Crippen LogP contribution in [0.5, 0.6) is 0 Å². The largest absolute Gasteiger partial charge is 0.342 e. The van der Waals surface area contributed by atoms with Gasteiger partial charge in [-0.05, 0) is 19.3 Å². The van der Waals surface area contributed by atoms with Crippen LogP contribution in [0.4, 0.5) is 0 Å². The summed E-state index contributed by atoms with van der Waals surface area (Å²) in [4.78, 5) is 13.3. The lowest BCUT2D eigenvalue weighted by atomic mass is 10.3. The monoisotopic (exact) mass is 263 g/mol. The molecule has 7 heteroatoms. The van der Waals surface area contributed by atoms with Gasteiger partial charge in [0.25, 0.3) is 0 Å². The van der Waals surface area contributed by atoms with Gasteiger partial charge in [-0.15, -0.1) is 0 Å². The lowest BCUT2D eigenvalue weighted by Crippen LogP contribution is -2.44. The number of nitrogens with zero attached hydrogens (tertiary/aromatic N) is 1. The first-order valence-electron chi connectivity index (χ1n) is 5.97. The summed E-state index contributed by atoms with van der Waals surface area (Å²) in [7, 11) is -3.47. The van der Waals surface area contributed by atoms with Crippen molar-refractivity contribution in [2.75, 3.05) is 26.2 Å². The standard InChI is InChI=1S/C10H21N3O3S/c1-2-9(7-11)17(15,16)12-8-10(14)13-5-3-4-6-13/h9,12H,2-8,11H2,1H3. The summed E-state index contributed by atoms with van der Waals surface area (Å²) >= 11 is 0. The van der Waals surface area contributed by atoms with Crippen molar-refractivity contribution < 1.29 is 13.2 Å². The predicted molar refractivity (Wildman–Crippen MR) is 65.9 cm³/mol. The Labute approximate surface area is 103 Å². The van der Waals surface area contributed by atoms with Crippen molar-refractivity contribution in [2.24, 2.45) is 5.73 Å². The lowest BCUT2D eigenvalue weighted by Gasteiger charge is -2.18. The molecule has 1 aliphatic rings. The maximum atomic E-state index is 11.8. The summed E-state index contributed by atoms with van der Waals surface area (Å²) in [5, 5.41) is -0.617. The minimum atomic E-state index is -3.47.